The fourth-order valence-corrected chi connectivity index (χ4v) is 1.79. The van der Waals surface area contributed by atoms with E-state index < -0.39 is 24.4 Å². The van der Waals surface area contributed by atoms with Crippen LogP contribution in [-0.2, 0) is 0 Å². The summed E-state index contributed by atoms with van der Waals surface area (Å²) in [5.41, 5.74) is 0.308. The maximum Gasteiger partial charge on any atom is 0.406 e. The largest absolute Gasteiger partial charge is 0.406 e. The van der Waals surface area contributed by atoms with Gasteiger partial charge in [0.1, 0.15) is 12.4 Å². The molecule has 0 N–H and O–H groups in total. The minimum atomic E-state index is -4.50. The van der Waals surface area contributed by atoms with Crippen molar-refractivity contribution in [1.29, 1.82) is 0 Å². The van der Waals surface area contributed by atoms with E-state index in [9.17, 15) is 22.4 Å². The molecule has 1 aromatic carbocycles. The quantitative estimate of drug-likeness (QED) is 0.752. The number of rotatable bonds is 5. The van der Waals surface area contributed by atoms with Gasteiger partial charge in [0, 0.05) is 6.54 Å². The van der Waals surface area contributed by atoms with Crippen LogP contribution in [0, 0.1) is 12.7 Å². The van der Waals surface area contributed by atoms with E-state index in [0.29, 0.717) is 23.3 Å². The first-order valence-electron chi connectivity index (χ1n) is 6.36. The Bertz CT molecular complexity index is 471. The average Bonchev–Trinajstić information content (AvgIpc) is 2.35. The van der Waals surface area contributed by atoms with E-state index in [1.165, 1.54) is 12.1 Å². The number of hydrogen-bond donors (Lipinski definition) is 0. The summed E-state index contributed by atoms with van der Waals surface area (Å²) in [5, 5.41) is 0. The molecular weight excluding hydrogens is 274 g/mol. The molecule has 112 valence electrons. The summed E-state index contributed by atoms with van der Waals surface area (Å²) in [5.74, 6) is -1.72. The van der Waals surface area contributed by atoms with E-state index in [-0.39, 0.29) is 12.1 Å². The molecule has 0 saturated heterocycles. The molecule has 20 heavy (non-hydrogen) atoms. The SMILES string of the molecule is CCCCN(CC(F)(F)F)C(=O)c1cc(C)ccc1F. The summed E-state index contributed by atoms with van der Waals surface area (Å²) < 4.78 is 51.1. The van der Waals surface area contributed by atoms with E-state index in [1.807, 2.05) is 6.92 Å². The van der Waals surface area contributed by atoms with Crippen molar-refractivity contribution in [3.05, 3.63) is 35.1 Å². The van der Waals surface area contributed by atoms with E-state index >= 15 is 0 Å². The van der Waals surface area contributed by atoms with Crippen molar-refractivity contribution in [3.63, 3.8) is 0 Å². The number of hydrogen-bond acceptors (Lipinski definition) is 1. The molecular formula is C14H17F4NO. The van der Waals surface area contributed by atoms with Crippen LogP contribution in [0.3, 0.4) is 0 Å². The van der Waals surface area contributed by atoms with Crippen LogP contribution < -0.4 is 0 Å². The van der Waals surface area contributed by atoms with E-state index in [2.05, 4.69) is 0 Å². The third-order valence-electron chi connectivity index (χ3n) is 2.79. The average molecular weight is 291 g/mol. The Kier molecular flexibility index (Phi) is 5.53. The molecule has 2 nitrogen and oxygen atoms in total. The highest BCUT2D eigenvalue weighted by atomic mass is 19.4. The molecule has 0 fully saturated rings. The molecule has 6 heteroatoms. The molecule has 0 aliphatic carbocycles. The maximum absolute atomic E-state index is 13.6. The third-order valence-corrected chi connectivity index (χ3v) is 2.79. The first-order chi connectivity index (χ1) is 9.24. The minimum absolute atomic E-state index is 0.0395. The smallest absolute Gasteiger partial charge is 0.329 e. The zero-order chi connectivity index (χ0) is 15.3. The third kappa shape index (κ3) is 4.83. The molecule has 0 saturated carbocycles. The van der Waals surface area contributed by atoms with Gasteiger partial charge in [-0.05, 0) is 25.5 Å². The van der Waals surface area contributed by atoms with Crippen molar-refractivity contribution in [2.45, 2.75) is 32.9 Å². The summed E-state index contributed by atoms with van der Waals surface area (Å²) in [6, 6.07) is 3.83. The Hall–Kier alpha value is -1.59. The minimum Gasteiger partial charge on any atom is -0.329 e. The molecule has 0 spiro atoms. The molecule has 0 bridgehead atoms. The molecule has 1 amide bonds. The Morgan fingerprint density at radius 3 is 2.50 bits per heavy atom. The molecule has 0 atom stereocenters. The number of aryl methyl sites for hydroxylation is 1. The fraction of sp³-hybridized carbons (Fsp3) is 0.500. The van der Waals surface area contributed by atoms with Crippen LogP contribution >= 0.6 is 0 Å². The lowest BCUT2D eigenvalue weighted by molar-refractivity contribution is -0.140. The van der Waals surface area contributed by atoms with Gasteiger partial charge < -0.3 is 4.90 Å². The first-order valence-corrected chi connectivity index (χ1v) is 6.36. The predicted molar refractivity (Wildman–Crippen MR) is 68.0 cm³/mol. The van der Waals surface area contributed by atoms with Crippen molar-refractivity contribution in [2.24, 2.45) is 0 Å². The van der Waals surface area contributed by atoms with Crippen LogP contribution in [0.1, 0.15) is 35.7 Å². The number of amides is 1. The zero-order valence-corrected chi connectivity index (χ0v) is 11.4. The molecule has 0 aromatic heterocycles. The summed E-state index contributed by atoms with van der Waals surface area (Å²) in [6.45, 7) is 2.06. The summed E-state index contributed by atoms with van der Waals surface area (Å²) in [7, 11) is 0. The topological polar surface area (TPSA) is 20.3 Å². The van der Waals surface area contributed by atoms with Crippen LogP contribution in [0.4, 0.5) is 17.6 Å². The van der Waals surface area contributed by atoms with Crippen molar-refractivity contribution in [2.75, 3.05) is 13.1 Å². The molecule has 0 unspecified atom stereocenters. The van der Waals surface area contributed by atoms with Gasteiger partial charge in [-0.15, -0.1) is 0 Å². The van der Waals surface area contributed by atoms with Gasteiger partial charge in [0.05, 0.1) is 5.56 Å². The normalized spacial score (nSPS) is 11.5. The van der Waals surface area contributed by atoms with Crippen molar-refractivity contribution < 1.29 is 22.4 Å². The van der Waals surface area contributed by atoms with Gasteiger partial charge in [0.25, 0.3) is 5.91 Å². The van der Waals surface area contributed by atoms with Crippen LogP contribution in [-0.4, -0.2) is 30.1 Å². The highest BCUT2D eigenvalue weighted by Gasteiger charge is 2.33. The number of halogens is 4. The number of nitrogens with zero attached hydrogens (tertiary/aromatic N) is 1. The van der Waals surface area contributed by atoms with Crippen LogP contribution in [0.25, 0.3) is 0 Å². The second kappa shape index (κ2) is 6.72. The molecule has 1 rings (SSSR count). The number of unbranched alkanes of at least 4 members (excludes halogenated alkanes) is 1. The molecule has 0 radical (unpaired) electrons. The van der Waals surface area contributed by atoms with Crippen molar-refractivity contribution in [1.82, 2.24) is 4.90 Å². The van der Waals surface area contributed by atoms with Crippen molar-refractivity contribution >= 4 is 5.91 Å². The zero-order valence-electron chi connectivity index (χ0n) is 11.4. The molecule has 0 aliphatic rings. The van der Waals surface area contributed by atoms with Crippen molar-refractivity contribution in [3.8, 4) is 0 Å². The molecule has 1 aromatic rings. The Morgan fingerprint density at radius 1 is 1.30 bits per heavy atom. The maximum atomic E-state index is 13.6. The summed E-state index contributed by atoms with van der Waals surface area (Å²) in [4.78, 5) is 12.7. The predicted octanol–water partition coefficient (Wildman–Crippen LogP) is 3.94. The van der Waals surface area contributed by atoms with E-state index in [4.69, 9.17) is 0 Å². The fourth-order valence-electron chi connectivity index (χ4n) is 1.79. The molecule has 0 heterocycles. The Balaban J connectivity index is 2.99. The highest BCUT2D eigenvalue weighted by Crippen LogP contribution is 2.20. The van der Waals surface area contributed by atoms with Gasteiger partial charge in [0.15, 0.2) is 0 Å². The lowest BCUT2D eigenvalue weighted by Gasteiger charge is -2.24. The van der Waals surface area contributed by atoms with Gasteiger partial charge in [-0.3, -0.25) is 4.79 Å². The Morgan fingerprint density at radius 2 is 1.95 bits per heavy atom. The highest BCUT2D eigenvalue weighted by molar-refractivity contribution is 5.94. The Labute approximate surface area is 115 Å². The van der Waals surface area contributed by atoms with Crippen LogP contribution in [0.2, 0.25) is 0 Å². The lowest BCUT2D eigenvalue weighted by atomic mass is 10.1. The number of alkyl halides is 3. The second-order valence-corrected chi connectivity index (χ2v) is 4.68. The van der Waals surface area contributed by atoms with Gasteiger partial charge >= 0.3 is 6.18 Å². The van der Waals surface area contributed by atoms with Gasteiger partial charge in [-0.25, -0.2) is 4.39 Å². The van der Waals surface area contributed by atoms with Gasteiger partial charge in [-0.2, -0.15) is 13.2 Å². The number of benzene rings is 1. The summed E-state index contributed by atoms with van der Waals surface area (Å²) in [6.07, 6.45) is -3.41. The monoisotopic (exact) mass is 291 g/mol. The first kappa shape index (κ1) is 16.5. The summed E-state index contributed by atoms with van der Waals surface area (Å²) >= 11 is 0. The second-order valence-electron chi connectivity index (χ2n) is 4.68. The lowest BCUT2D eigenvalue weighted by Crippen LogP contribution is -2.40. The van der Waals surface area contributed by atoms with E-state index in [0.717, 1.165) is 6.07 Å². The van der Waals surface area contributed by atoms with Crippen LogP contribution in [0.15, 0.2) is 18.2 Å². The van der Waals surface area contributed by atoms with Gasteiger partial charge in [0.2, 0.25) is 0 Å². The standard InChI is InChI=1S/C14H17F4NO/c1-3-4-7-19(9-14(16,17)18)13(20)11-8-10(2)5-6-12(11)15/h5-6,8H,3-4,7,9H2,1-2H3. The van der Waals surface area contributed by atoms with E-state index in [1.54, 1.807) is 6.92 Å². The molecule has 0 aliphatic heterocycles. The number of carbonyl (C=O) groups excluding carboxylic acids is 1. The van der Waals surface area contributed by atoms with Gasteiger partial charge in [-0.1, -0.05) is 25.0 Å². The number of carbonyl (C=O) groups is 1. The van der Waals surface area contributed by atoms with Crippen LogP contribution in [0.5, 0.6) is 0 Å².